The predicted molar refractivity (Wildman–Crippen MR) is 193 cm³/mol. The molecule has 6 rings (SSSR count). The molecule has 2 aliphatic rings. The molecule has 2 aliphatic carbocycles. The van der Waals surface area contributed by atoms with E-state index in [0.29, 0.717) is 59.7 Å². The molecular formula is C38H44Cl2N4O6. The molecule has 0 amide bonds. The maximum absolute atomic E-state index is 10.1. The number of hydrogen-bond acceptors (Lipinski definition) is 10. The maximum Gasteiger partial charge on any atom is 0.236 e. The van der Waals surface area contributed by atoms with Crippen molar-refractivity contribution in [2.45, 2.75) is 77.0 Å². The number of aliphatic hydroxyl groups is 2. The second-order valence-corrected chi connectivity index (χ2v) is 14.1. The van der Waals surface area contributed by atoms with Crippen molar-refractivity contribution in [3.05, 3.63) is 92.0 Å². The van der Waals surface area contributed by atoms with Crippen molar-refractivity contribution in [2.24, 2.45) is 0 Å². The average molecular weight is 724 g/mol. The molecule has 0 atom stereocenters. The van der Waals surface area contributed by atoms with Gasteiger partial charge < -0.3 is 39.8 Å². The lowest BCUT2D eigenvalue weighted by atomic mass is 9.92. The summed E-state index contributed by atoms with van der Waals surface area (Å²) in [4.78, 5) is 9.07. The van der Waals surface area contributed by atoms with Crippen LogP contribution in [0.4, 0.5) is 0 Å². The van der Waals surface area contributed by atoms with Gasteiger partial charge in [0.15, 0.2) is 0 Å². The molecule has 0 unspecified atom stereocenters. The highest BCUT2D eigenvalue weighted by Gasteiger charge is 2.40. The third-order valence-corrected chi connectivity index (χ3v) is 10.00. The molecular weight excluding hydrogens is 679 g/mol. The van der Waals surface area contributed by atoms with E-state index >= 15 is 0 Å². The molecule has 2 saturated carbocycles. The Labute approximate surface area is 303 Å². The van der Waals surface area contributed by atoms with Crippen molar-refractivity contribution in [1.29, 1.82) is 0 Å². The molecule has 0 spiro atoms. The summed E-state index contributed by atoms with van der Waals surface area (Å²) in [5.74, 6) is 1.43. The van der Waals surface area contributed by atoms with Crippen LogP contribution in [0.2, 0.25) is 10.0 Å². The molecule has 50 heavy (non-hydrogen) atoms. The van der Waals surface area contributed by atoms with E-state index in [1.807, 2.05) is 24.3 Å². The number of benzene rings is 2. The van der Waals surface area contributed by atoms with Gasteiger partial charge in [0.05, 0.1) is 25.4 Å². The molecule has 0 radical (unpaired) electrons. The molecule has 0 aliphatic heterocycles. The standard InChI is InChI=1S/C38H44Cl2N4O6/c1-23-25(19-49-35-31(39)15-27(33(43-35)47-3)17-41-21-37(45)11-12-37)7-5-9-29(23)30-10-6-8-26(24(30)2)20-50-36-32(40)16-28(34(44-36)48-4)18-42-22-38(46)13-14-38/h5-10,15-16,41-42,45-46H,11-14,17-22H2,1-4H3. The Balaban J connectivity index is 1.12. The number of hydrogen-bond donors (Lipinski definition) is 4. The molecule has 2 fully saturated rings. The Morgan fingerprint density at radius 3 is 1.40 bits per heavy atom. The van der Waals surface area contributed by atoms with Gasteiger partial charge in [-0.2, -0.15) is 9.97 Å². The fraction of sp³-hybridized carbons (Fsp3) is 0.421. The normalized spacial score (nSPS) is 15.4. The zero-order chi connectivity index (χ0) is 35.5. The van der Waals surface area contributed by atoms with Crippen molar-refractivity contribution in [3.8, 4) is 34.6 Å². The van der Waals surface area contributed by atoms with Gasteiger partial charge in [-0.15, -0.1) is 0 Å². The summed E-state index contributed by atoms with van der Waals surface area (Å²) in [5.41, 5.74) is 6.67. The summed E-state index contributed by atoms with van der Waals surface area (Å²) in [5, 5.41) is 27.5. The average Bonchev–Trinajstić information content (AvgIpc) is 4.03. The Kier molecular flexibility index (Phi) is 11.1. The first kappa shape index (κ1) is 36.2. The molecule has 4 aromatic rings. The fourth-order valence-electron chi connectivity index (χ4n) is 5.85. The van der Waals surface area contributed by atoms with Gasteiger partial charge in [0.1, 0.15) is 23.3 Å². The topological polar surface area (TPSA) is 127 Å². The quantitative estimate of drug-likeness (QED) is 0.0963. The number of rotatable bonds is 17. The van der Waals surface area contributed by atoms with Crippen LogP contribution in [0.15, 0.2) is 48.5 Å². The summed E-state index contributed by atoms with van der Waals surface area (Å²) < 4.78 is 23.3. The van der Waals surface area contributed by atoms with Crippen LogP contribution in [-0.2, 0) is 26.3 Å². The molecule has 12 heteroatoms. The third-order valence-electron chi connectivity index (χ3n) is 9.46. The van der Waals surface area contributed by atoms with E-state index in [4.69, 9.17) is 42.1 Å². The Morgan fingerprint density at radius 1 is 0.640 bits per heavy atom. The second-order valence-electron chi connectivity index (χ2n) is 13.3. The van der Waals surface area contributed by atoms with Crippen molar-refractivity contribution in [1.82, 2.24) is 20.6 Å². The molecule has 266 valence electrons. The first-order valence-corrected chi connectivity index (χ1v) is 17.5. The van der Waals surface area contributed by atoms with Gasteiger partial charge in [-0.05, 0) is 85.0 Å². The molecule has 10 nitrogen and oxygen atoms in total. The number of aromatic nitrogens is 2. The van der Waals surface area contributed by atoms with Gasteiger partial charge in [-0.1, -0.05) is 59.6 Å². The van der Waals surface area contributed by atoms with Crippen LogP contribution in [0.1, 0.15) is 59.1 Å². The minimum atomic E-state index is -0.597. The zero-order valence-corrected chi connectivity index (χ0v) is 30.4. The summed E-state index contributed by atoms with van der Waals surface area (Å²) in [6.07, 6.45) is 3.25. The third kappa shape index (κ3) is 8.62. The fourth-order valence-corrected chi connectivity index (χ4v) is 6.31. The van der Waals surface area contributed by atoms with Crippen molar-refractivity contribution < 1.29 is 29.2 Å². The van der Waals surface area contributed by atoms with Crippen LogP contribution in [-0.4, -0.2) is 58.7 Å². The van der Waals surface area contributed by atoms with Crippen LogP contribution in [0, 0.1) is 13.8 Å². The largest absolute Gasteiger partial charge is 0.481 e. The van der Waals surface area contributed by atoms with Gasteiger partial charge in [0, 0.05) is 37.3 Å². The molecule has 2 aromatic carbocycles. The molecule has 2 heterocycles. The van der Waals surface area contributed by atoms with Gasteiger partial charge in [-0.3, -0.25) is 0 Å². The summed E-state index contributed by atoms with van der Waals surface area (Å²) in [6.45, 7) is 6.64. The number of ether oxygens (including phenoxy) is 4. The van der Waals surface area contributed by atoms with Crippen molar-refractivity contribution >= 4 is 23.2 Å². The Morgan fingerprint density at radius 2 is 1.04 bits per heavy atom. The van der Waals surface area contributed by atoms with E-state index in [0.717, 1.165) is 70.2 Å². The first-order valence-electron chi connectivity index (χ1n) is 16.8. The monoisotopic (exact) mass is 722 g/mol. The van der Waals surface area contributed by atoms with Gasteiger partial charge in [0.25, 0.3) is 0 Å². The summed E-state index contributed by atoms with van der Waals surface area (Å²) in [7, 11) is 3.13. The highest BCUT2D eigenvalue weighted by atomic mass is 35.5. The maximum atomic E-state index is 10.1. The van der Waals surface area contributed by atoms with E-state index in [2.05, 4.69) is 46.6 Å². The van der Waals surface area contributed by atoms with Gasteiger partial charge in [0.2, 0.25) is 23.5 Å². The van der Waals surface area contributed by atoms with E-state index in [1.165, 1.54) is 0 Å². The summed E-state index contributed by atoms with van der Waals surface area (Å²) >= 11 is 13.2. The lowest BCUT2D eigenvalue weighted by Crippen LogP contribution is -2.27. The number of pyridine rings is 2. The van der Waals surface area contributed by atoms with Crippen LogP contribution in [0.5, 0.6) is 23.5 Å². The van der Waals surface area contributed by atoms with E-state index in [-0.39, 0.29) is 13.2 Å². The minimum Gasteiger partial charge on any atom is -0.481 e. The number of methoxy groups -OCH3 is 2. The lowest BCUT2D eigenvalue weighted by molar-refractivity contribution is 0.147. The second kappa shape index (κ2) is 15.3. The molecule has 4 N–H and O–H groups in total. The zero-order valence-electron chi connectivity index (χ0n) is 28.9. The van der Waals surface area contributed by atoms with Crippen LogP contribution >= 0.6 is 23.2 Å². The number of nitrogens with one attached hydrogen (secondary N) is 2. The van der Waals surface area contributed by atoms with Crippen molar-refractivity contribution in [3.63, 3.8) is 0 Å². The Hall–Kier alpha value is -3.64. The van der Waals surface area contributed by atoms with Gasteiger partial charge >= 0.3 is 0 Å². The van der Waals surface area contributed by atoms with E-state index in [1.54, 1.807) is 26.4 Å². The van der Waals surface area contributed by atoms with Crippen LogP contribution in [0.25, 0.3) is 11.1 Å². The molecule has 0 saturated heterocycles. The highest BCUT2D eigenvalue weighted by molar-refractivity contribution is 6.32. The smallest absolute Gasteiger partial charge is 0.236 e. The number of nitrogens with zero attached hydrogens (tertiary/aromatic N) is 2. The van der Waals surface area contributed by atoms with Gasteiger partial charge in [-0.25, -0.2) is 0 Å². The molecule has 0 bridgehead atoms. The first-order chi connectivity index (χ1) is 24.0. The summed E-state index contributed by atoms with van der Waals surface area (Å²) in [6, 6.07) is 15.9. The molecule has 2 aromatic heterocycles. The lowest BCUT2D eigenvalue weighted by Gasteiger charge is -2.18. The van der Waals surface area contributed by atoms with Crippen molar-refractivity contribution in [2.75, 3.05) is 27.3 Å². The predicted octanol–water partition coefficient (Wildman–Crippen LogP) is 6.47. The SMILES string of the molecule is COc1nc(OCc2cccc(-c3cccc(COc4nc(OC)c(CNCC5(O)CC5)cc4Cl)c3C)c2C)c(Cl)cc1CNCC1(O)CC1. The van der Waals surface area contributed by atoms with Crippen LogP contribution in [0.3, 0.4) is 0 Å². The van der Waals surface area contributed by atoms with E-state index < -0.39 is 11.2 Å². The van der Waals surface area contributed by atoms with E-state index in [9.17, 15) is 10.2 Å². The van der Waals surface area contributed by atoms with Crippen LogP contribution < -0.4 is 29.6 Å². The number of halogens is 2. The highest BCUT2D eigenvalue weighted by Crippen LogP contribution is 2.37. The Bertz CT molecular complexity index is 1710. The minimum absolute atomic E-state index is 0.264.